The summed E-state index contributed by atoms with van der Waals surface area (Å²) >= 11 is 0. The number of aryl methyl sites for hydroxylation is 2. The topological polar surface area (TPSA) is 83.9 Å². The number of likely N-dealkylation sites (tertiary alicyclic amines) is 1. The summed E-state index contributed by atoms with van der Waals surface area (Å²) in [5, 5.41) is 10.3. The van der Waals surface area contributed by atoms with Crippen LogP contribution in [0.2, 0.25) is 0 Å². The van der Waals surface area contributed by atoms with Gasteiger partial charge in [0.15, 0.2) is 0 Å². The third kappa shape index (κ3) is 10.2. The second kappa shape index (κ2) is 15.9. The number of anilines is 1. The Morgan fingerprint density at radius 3 is 2.77 bits per heavy atom. The Kier molecular flexibility index (Phi) is 12.6. The summed E-state index contributed by atoms with van der Waals surface area (Å²) in [5.41, 5.74) is 4.69. The average molecular weight is 544 g/mol. The van der Waals surface area contributed by atoms with Crippen molar-refractivity contribution < 1.29 is 23.8 Å². The van der Waals surface area contributed by atoms with Crippen LogP contribution in [0.25, 0.3) is 0 Å². The van der Waals surface area contributed by atoms with Gasteiger partial charge in [-0.3, -0.25) is 9.69 Å². The number of rotatable bonds is 11. The lowest BCUT2D eigenvalue weighted by Gasteiger charge is -2.20. The third-order valence-electron chi connectivity index (χ3n) is 7.45. The highest BCUT2D eigenvalue weighted by atomic mass is 19.1. The highest BCUT2D eigenvalue weighted by Gasteiger charge is 2.38. The van der Waals surface area contributed by atoms with Crippen molar-refractivity contribution in [3.8, 4) is 0 Å². The molecule has 2 fully saturated rings. The number of halogens is 1. The van der Waals surface area contributed by atoms with Crippen molar-refractivity contribution in [3.05, 3.63) is 58.5 Å². The Labute approximate surface area is 233 Å². The third-order valence-corrected chi connectivity index (χ3v) is 7.45. The zero-order valence-electron chi connectivity index (χ0n) is 23.9. The maximum absolute atomic E-state index is 13.9. The summed E-state index contributed by atoms with van der Waals surface area (Å²) in [6.07, 6.45) is 9.02. The van der Waals surface area contributed by atoms with Crippen molar-refractivity contribution in [3.63, 3.8) is 0 Å². The Bertz CT molecular complexity index is 1030. The molecule has 3 aliphatic rings. The molecule has 0 amide bonds. The van der Waals surface area contributed by atoms with E-state index in [9.17, 15) is 4.39 Å². The van der Waals surface area contributed by atoms with Crippen molar-refractivity contribution in [1.29, 1.82) is 0 Å². The molecule has 0 bridgehead atoms. The number of nitrogens with one attached hydrogen (secondary N) is 1. The molecule has 3 heterocycles. The molecule has 216 valence electrons. The number of pyridine rings is 1. The summed E-state index contributed by atoms with van der Waals surface area (Å²) in [6, 6.07) is 9.51. The van der Waals surface area contributed by atoms with Gasteiger partial charge in [0.2, 0.25) is 0 Å². The highest BCUT2D eigenvalue weighted by Crippen LogP contribution is 2.39. The molecule has 2 aliphatic heterocycles. The first kappa shape index (κ1) is 31.0. The van der Waals surface area contributed by atoms with Gasteiger partial charge in [-0.05, 0) is 93.2 Å². The molecular weight excluding hydrogens is 497 g/mol. The number of nitrogens with zero attached hydrogens (tertiary/aromatic N) is 2. The fourth-order valence-corrected chi connectivity index (χ4v) is 4.94. The number of carboxylic acid groups (broad SMARTS) is 1. The van der Waals surface area contributed by atoms with Crippen LogP contribution in [0.15, 0.2) is 30.3 Å². The molecule has 2 N–H and O–H groups in total. The van der Waals surface area contributed by atoms with Gasteiger partial charge in [0.25, 0.3) is 6.47 Å². The SMILES string of the molecule is CC.CC1(OCc2ccc(F)cc2CN2CCC(OCCCCc3ccc4c(n3)NCCC4)C2)CC1.O=CO. The van der Waals surface area contributed by atoms with Crippen LogP contribution in [-0.4, -0.2) is 59.4 Å². The number of benzene rings is 1. The number of hydrogen-bond donors (Lipinski definition) is 2. The van der Waals surface area contributed by atoms with Crippen molar-refractivity contribution >= 4 is 12.3 Å². The lowest BCUT2D eigenvalue weighted by Crippen LogP contribution is -2.24. The molecule has 1 saturated carbocycles. The predicted molar refractivity (Wildman–Crippen MR) is 152 cm³/mol. The van der Waals surface area contributed by atoms with Crippen LogP contribution in [0, 0.1) is 5.82 Å². The van der Waals surface area contributed by atoms with Gasteiger partial charge in [0, 0.05) is 38.5 Å². The zero-order chi connectivity index (χ0) is 28.1. The second-order valence-electron chi connectivity index (χ2n) is 10.6. The molecule has 1 unspecified atom stereocenters. The number of aromatic nitrogens is 1. The Hall–Kier alpha value is -2.55. The minimum atomic E-state index is -0.250. The normalized spacial score (nSPS) is 19.0. The largest absolute Gasteiger partial charge is 0.483 e. The van der Waals surface area contributed by atoms with Gasteiger partial charge in [0.1, 0.15) is 11.6 Å². The number of carbonyl (C=O) groups is 1. The first-order chi connectivity index (χ1) is 19.0. The minimum Gasteiger partial charge on any atom is -0.483 e. The molecule has 1 saturated heterocycles. The zero-order valence-corrected chi connectivity index (χ0v) is 23.9. The van der Waals surface area contributed by atoms with Crippen molar-refractivity contribution in [2.45, 2.75) is 97.0 Å². The molecule has 39 heavy (non-hydrogen) atoms. The van der Waals surface area contributed by atoms with Crippen molar-refractivity contribution in [2.75, 3.05) is 31.6 Å². The van der Waals surface area contributed by atoms with Gasteiger partial charge in [0.05, 0.1) is 18.3 Å². The van der Waals surface area contributed by atoms with E-state index >= 15 is 0 Å². The van der Waals surface area contributed by atoms with Gasteiger partial charge in [-0.2, -0.15) is 0 Å². The Balaban J connectivity index is 0.000000787. The first-order valence-corrected chi connectivity index (χ1v) is 14.5. The maximum Gasteiger partial charge on any atom is 0.290 e. The lowest BCUT2D eigenvalue weighted by molar-refractivity contribution is -0.122. The van der Waals surface area contributed by atoms with Crippen LogP contribution in [0.3, 0.4) is 0 Å². The molecule has 7 nitrogen and oxygen atoms in total. The second-order valence-corrected chi connectivity index (χ2v) is 10.6. The van der Waals surface area contributed by atoms with Crippen LogP contribution in [0.1, 0.15) is 81.7 Å². The van der Waals surface area contributed by atoms with Gasteiger partial charge < -0.3 is 19.9 Å². The first-order valence-electron chi connectivity index (χ1n) is 14.5. The summed E-state index contributed by atoms with van der Waals surface area (Å²) in [6.45, 7) is 10.9. The molecule has 0 spiro atoms. The Morgan fingerprint density at radius 2 is 2.00 bits per heavy atom. The molecule has 1 aromatic carbocycles. The quantitative estimate of drug-likeness (QED) is 0.266. The standard InChI is InChI=1S/C28H38FN3O2.C2H6.CH2O2/c1-28(12-13-28)34-20-22-7-9-24(29)17-23(22)18-32-15-11-26(19-32)33-16-3-2-6-25-10-8-21-5-4-14-30-27(21)31-25;1-2;2-1-3/h7-10,17,26H,2-6,11-16,18-20H2,1H3,(H,30,31);1-2H3;1H,(H,2,3). The Morgan fingerprint density at radius 1 is 1.21 bits per heavy atom. The monoisotopic (exact) mass is 543 g/mol. The van der Waals surface area contributed by atoms with Crippen molar-refractivity contribution in [2.24, 2.45) is 0 Å². The van der Waals surface area contributed by atoms with E-state index < -0.39 is 0 Å². The van der Waals surface area contributed by atoms with E-state index in [1.165, 1.54) is 17.7 Å². The average Bonchev–Trinajstić information content (AvgIpc) is 3.52. The van der Waals surface area contributed by atoms with Gasteiger partial charge in [-0.25, -0.2) is 9.37 Å². The maximum atomic E-state index is 13.9. The lowest BCUT2D eigenvalue weighted by atomic mass is 10.1. The predicted octanol–water partition coefficient (Wildman–Crippen LogP) is 5.99. The van der Waals surface area contributed by atoms with Crippen LogP contribution in [-0.2, 0) is 40.3 Å². The number of unbranched alkanes of at least 4 members (excludes halogenated alkanes) is 1. The van der Waals surface area contributed by atoms with E-state index in [0.29, 0.717) is 6.61 Å². The van der Waals surface area contributed by atoms with Crippen molar-refractivity contribution in [1.82, 2.24) is 9.88 Å². The molecule has 1 aliphatic carbocycles. The minimum absolute atomic E-state index is 0.0328. The van der Waals surface area contributed by atoms with E-state index in [-0.39, 0.29) is 24.0 Å². The van der Waals surface area contributed by atoms with E-state index in [2.05, 4.69) is 29.3 Å². The van der Waals surface area contributed by atoms with Crippen LogP contribution >= 0.6 is 0 Å². The summed E-state index contributed by atoms with van der Waals surface area (Å²) in [5.74, 6) is 0.911. The fourth-order valence-electron chi connectivity index (χ4n) is 4.94. The molecule has 5 rings (SSSR count). The van der Waals surface area contributed by atoms with E-state index in [1.807, 2.05) is 19.9 Å². The van der Waals surface area contributed by atoms with Gasteiger partial charge in [-0.1, -0.05) is 26.0 Å². The van der Waals surface area contributed by atoms with E-state index in [0.717, 1.165) is 94.7 Å². The van der Waals surface area contributed by atoms with Crippen LogP contribution in [0.4, 0.5) is 10.2 Å². The van der Waals surface area contributed by atoms with Crippen LogP contribution in [0.5, 0.6) is 0 Å². The van der Waals surface area contributed by atoms with E-state index in [4.69, 9.17) is 24.4 Å². The van der Waals surface area contributed by atoms with Crippen LogP contribution < -0.4 is 5.32 Å². The smallest absolute Gasteiger partial charge is 0.290 e. The van der Waals surface area contributed by atoms with Gasteiger partial charge in [-0.15, -0.1) is 0 Å². The number of fused-ring (bicyclic) bond motifs is 1. The fraction of sp³-hybridized carbons (Fsp3) is 0.613. The molecular formula is C31H46FN3O4. The molecule has 8 heteroatoms. The highest BCUT2D eigenvalue weighted by molar-refractivity contribution is 5.47. The molecule has 2 aromatic rings. The number of hydrogen-bond acceptors (Lipinski definition) is 6. The number of ether oxygens (including phenoxy) is 2. The van der Waals surface area contributed by atoms with Gasteiger partial charge >= 0.3 is 0 Å². The summed E-state index contributed by atoms with van der Waals surface area (Å²) < 4.78 is 26.2. The van der Waals surface area contributed by atoms with E-state index in [1.54, 1.807) is 12.1 Å². The molecule has 0 radical (unpaired) electrons. The summed E-state index contributed by atoms with van der Waals surface area (Å²) in [7, 11) is 0. The molecule has 1 aromatic heterocycles. The summed E-state index contributed by atoms with van der Waals surface area (Å²) in [4.78, 5) is 15.5. The molecule has 1 atom stereocenters.